The number of ether oxygens (including phenoxy) is 1. The Morgan fingerprint density at radius 3 is 2.28 bits per heavy atom. The van der Waals surface area contributed by atoms with Gasteiger partial charge < -0.3 is 30.2 Å². The molecule has 236 valence electrons. The zero-order valence-corrected chi connectivity index (χ0v) is 25.9. The summed E-state index contributed by atoms with van der Waals surface area (Å²) < 4.78 is 5.30. The van der Waals surface area contributed by atoms with E-state index in [2.05, 4.69) is 43.5 Å². The molecular weight excluding hydrogens is 552 g/mol. The lowest BCUT2D eigenvalue weighted by Crippen LogP contribution is -2.47. The minimum absolute atomic E-state index is 0.139. The number of benzene rings is 1. The first-order valence-electron chi connectivity index (χ1n) is 13.7. The molecule has 14 heteroatoms. The number of nitrogens with one attached hydrogen (secondary N) is 2. The Kier molecular flexibility index (Phi) is 18.6. The fourth-order valence-electron chi connectivity index (χ4n) is 3.94. The fraction of sp³-hybridized carbons (Fsp3) is 0.448. The predicted molar refractivity (Wildman–Crippen MR) is 175 cm³/mol. The molecule has 3 rings (SSSR count). The number of allylic oxidation sites excluding steroid dienone is 1. The van der Waals surface area contributed by atoms with Gasteiger partial charge in [-0.1, -0.05) is 0 Å². The summed E-state index contributed by atoms with van der Waals surface area (Å²) >= 11 is 0. The van der Waals surface area contributed by atoms with Gasteiger partial charge in [-0.2, -0.15) is 0 Å². The molecule has 1 aromatic heterocycles. The van der Waals surface area contributed by atoms with E-state index in [0.29, 0.717) is 54.6 Å². The number of piperazine rings is 1. The molecular formula is C29H46N10O4. The third-order valence-electron chi connectivity index (χ3n) is 5.98. The van der Waals surface area contributed by atoms with Gasteiger partial charge >= 0.3 is 0 Å². The van der Waals surface area contributed by atoms with E-state index >= 15 is 0 Å². The molecule has 0 spiro atoms. The largest absolute Gasteiger partial charge is 0.497 e. The van der Waals surface area contributed by atoms with Crippen molar-refractivity contribution in [2.24, 2.45) is 15.0 Å². The number of hydrogen-bond donors (Lipinski definition) is 4. The summed E-state index contributed by atoms with van der Waals surface area (Å²) in [7, 11) is 8.72. The highest BCUT2D eigenvalue weighted by molar-refractivity contribution is 6.01. The van der Waals surface area contributed by atoms with Crippen molar-refractivity contribution in [2.45, 2.75) is 0 Å². The Hall–Kier alpha value is -4.08. The summed E-state index contributed by atoms with van der Waals surface area (Å²) in [5.41, 5.74) is 3.54. The van der Waals surface area contributed by atoms with Gasteiger partial charge in [0.25, 0.3) is 0 Å². The molecule has 0 unspecified atom stereocenters. The van der Waals surface area contributed by atoms with Gasteiger partial charge in [-0.15, -0.1) is 0 Å². The molecule has 0 aliphatic carbocycles. The van der Waals surface area contributed by atoms with Crippen molar-refractivity contribution in [2.75, 3.05) is 97.5 Å². The number of anilines is 2. The number of nitrogens with zero attached hydrogens (tertiary/aromatic N) is 8. The van der Waals surface area contributed by atoms with Crippen LogP contribution < -0.4 is 25.3 Å². The monoisotopic (exact) mass is 598 g/mol. The molecule has 0 atom stereocenters. The predicted octanol–water partition coefficient (Wildman–Crippen LogP) is 1.32. The van der Waals surface area contributed by atoms with Crippen LogP contribution in [0.5, 0.6) is 5.75 Å². The maximum Gasteiger partial charge on any atom is 0.164 e. The molecule has 0 saturated carbocycles. The lowest BCUT2D eigenvalue weighted by Gasteiger charge is -2.36. The molecule has 43 heavy (non-hydrogen) atoms. The van der Waals surface area contributed by atoms with Gasteiger partial charge in [-0.05, 0) is 51.8 Å². The van der Waals surface area contributed by atoms with Gasteiger partial charge in [0.05, 0.1) is 25.8 Å². The van der Waals surface area contributed by atoms with Crippen LogP contribution in [0.25, 0.3) is 11.4 Å². The number of aliphatic hydroxyl groups excluding tert-OH is 1. The maximum atomic E-state index is 11.1. The van der Waals surface area contributed by atoms with Crippen molar-refractivity contribution in [3.63, 3.8) is 0 Å². The third-order valence-corrected chi connectivity index (χ3v) is 5.98. The highest BCUT2D eigenvalue weighted by atomic mass is 16.5. The quantitative estimate of drug-likeness (QED) is 0.114. The van der Waals surface area contributed by atoms with Gasteiger partial charge in [0, 0.05) is 71.3 Å². The van der Waals surface area contributed by atoms with Crippen molar-refractivity contribution in [1.29, 1.82) is 0 Å². The van der Waals surface area contributed by atoms with Crippen molar-refractivity contribution in [3.8, 4) is 17.1 Å². The average Bonchev–Trinajstić information content (AvgIpc) is 3.03. The van der Waals surface area contributed by atoms with Gasteiger partial charge in [-0.25, -0.2) is 15.4 Å². The molecule has 2 heterocycles. The molecule has 2 aromatic rings. The van der Waals surface area contributed by atoms with Crippen molar-refractivity contribution >= 4 is 43.3 Å². The summed E-state index contributed by atoms with van der Waals surface area (Å²) in [6, 6.07) is 7.60. The van der Waals surface area contributed by atoms with Crippen LogP contribution in [0.1, 0.15) is 0 Å². The minimum atomic E-state index is 0.139. The van der Waals surface area contributed by atoms with E-state index in [1.54, 1.807) is 12.6 Å². The van der Waals surface area contributed by atoms with Crippen molar-refractivity contribution in [3.05, 3.63) is 36.0 Å². The number of rotatable bonds is 13. The topological polar surface area (TPSA) is 163 Å². The lowest BCUT2D eigenvalue weighted by molar-refractivity contribution is -0.104. The molecule has 14 nitrogen and oxygen atoms in total. The first-order chi connectivity index (χ1) is 20.9. The molecule has 0 bridgehead atoms. The Labute approximate surface area is 254 Å². The first kappa shape index (κ1) is 36.9. The second-order valence-corrected chi connectivity index (χ2v) is 9.09. The number of likely N-dealkylation sites (N-methyl/N-ethyl adjacent to an activating group) is 1. The van der Waals surface area contributed by atoms with Crippen LogP contribution in [0, 0.1) is 0 Å². The van der Waals surface area contributed by atoms with Crippen molar-refractivity contribution in [1.82, 2.24) is 25.7 Å². The number of β-amino-alcohol motifs (C(OH)–C–C–N with tert-alkyl or cyclic N) is 1. The average molecular weight is 599 g/mol. The SMILES string of the molecule is C=N/C=C(/C=O)C=NCCN(C)c1nc(-c2ccc(OC)cc2)nc(N2CCN(CCO)CC2)c1N=C.CNC.CNO. The number of aliphatic imine (C=N–C) groups is 3. The normalized spacial score (nSPS) is 13.4. The van der Waals surface area contributed by atoms with E-state index in [-0.39, 0.29) is 6.61 Å². The number of aromatic nitrogens is 2. The van der Waals surface area contributed by atoms with Crippen LogP contribution in [0.2, 0.25) is 0 Å². The van der Waals surface area contributed by atoms with E-state index in [1.807, 2.05) is 50.3 Å². The van der Waals surface area contributed by atoms with Crippen molar-refractivity contribution < 1.29 is 19.8 Å². The van der Waals surface area contributed by atoms with Crippen LogP contribution in [-0.2, 0) is 4.79 Å². The fourth-order valence-corrected chi connectivity index (χ4v) is 3.94. The molecule has 0 amide bonds. The molecule has 1 aliphatic rings. The van der Waals surface area contributed by atoms with E-state index < -0.39 is 0 Å². The number of aliphatic hydroxyl groups is 1. The van der Waals surface area contributed by atoms with Crippen LogP contribution in [0.15, 0.2) is 51.0 Å². The molecule has 1 aliphatic heterocycles. The minimum Gasteiger partial charge on any atom is -0.497 e. The van der Waals surface area contributed by atoms with E-state index in [4.69, 9.17) is 19.9 Å². The smallest absolute Gasteiger partial charge is 0.164 e. The van der Waals surface area contributed by atoms with Gasteiger partial charge in [-0.3, -0.25) is 24.7 Å². The molecule has 4 N–H and O–H groups in total. The van der Waals surface area contributed by atoms with Gasteiger partial charge in [0.15, 0.2) is 23.7 Å². The van der Waals surface area contributed by atoms with E-state index in [0.717, 1.165) is 37.5 Å². The number of methoxy groups -OCH3 is 1. The molecule has 1 aromatic carbocycles. The van der Waals surface area contributed by atoms with Crippen LogP contribution in [0.4, 0.5) is 17.3 Å². The van der Waals surface area contributed by atoms with Gasteiger partial charge in [0.1, 0.15) is 11.4 Å². The molecule has 1 saturated heterocycles. The number of carbonyl (C=O) groups excluding carboxylic acids is 1. The van der Waals surface area contributed by atoms with E-state index in [9.17, 15) is 9.90 Å². The number of aldehydes is 1. The highest BCUT2D eigenvalue weighted by Crippen LogP contribution is 2.37. The summed E-state index contributed by atoms with van der Waals surface area (Å²) in [5.74, 6) is 2.67. The summed E-state index contributed by atoms with van der Waals surface area (Å²) in [6.07, 6.45) is 3.51. The van der Waals surface area contributed by atoms with Gasteiger partial charge in [0.2, 0.25) is 0 Å². The second kappa shape index (κ2) is 21.6. The molecule has 0 radical (unpaired) electrons. The first-order valence-corrected chi connectivity index (χ1v) is 13.7. The Balaban J connectivity index is 0.00000142. The summed E-state index contributed by atoms with van der Waals surface area (Å²) in [4.78, 5) is 39.5. The summed E-state index contributed by atoms with van der Waals surface area (Å²) in [6.45, 7) is 12.0. The number of carbonyl (C=O) groups is 1. The number of hydrogen-bond acceptors (Lipinski definition) is 14. The Morgan fingerprint density at radius 2 is 1.77 bits per heavy atom. The zero-order chi connectivity index (χ0) is 32.0. The highest BCUT2D eigenvalue weighted by Gasteiger charge is 2.25. The number of hydroxylamine groups is 1. The van der Waals surface area contributed by atoms with Crippen LogP contribution in [0.3, 0.4) is 0 Å². The summed E-state index contributed by atoms with van der Waals surface area (Å²) in [5, 5.41) is 19.4. The Morgan fingerprint density at radius 1 is 1.14 bits per heavy atom. The zero-order valence-electron chi connectivity index (χ0n) is 25.9. The second-order valence-electron chi connectivity index (χ2n) is 9.09. The maximum absolute atomic E-state index is 11.1. The van der Waals surface area contributed by atoms with Crippen LogP contribution >= 0.6 is 0 Å². The van der Waals surface area contributed by atoms with E-state index in [1.165, 1.54) is 19.5 Å². The Bertz CT molecular complexity index is 1160. The standard InChI is InChI=1S/C26H34N8O3.C2H7N.CH5NO/c1-27-17-20(19-36)18-29-9-10-32(3)25-23(28-2)26(34-13-11-33(12-14-34)15-16-35)31-24(30-25)21-5-7-22(37-4)8-6-21;1-3-2;1-2-3/h5-8,17-19,35H,1-2,9-16H2,3-4H3;3H,1-2H3;2-3H,1H3/b20-17+,29-18?;;. The van der Waals surface area contributed by atoms with Crippen LogP contribution in [-0.4, -0.2) is 139 Å². The third kappa shape index (κ3) is 12.4. The molecule has 1 fully saturated rings. The lowest BCUT2D eigenvalue weighted by atomic mass is 10.2.